The average Bonchev–Trinajstić information content (AvgIpc) is 2.36. The Morgan fingerprint density at radius 2 is 2.00 bits per heavy atom. The minimum Gasteiger partial charge on any atom is -0.481 e. The minimum atomic E-state index is -1.06. The van der Waals surface area contributed by atoms with Crippen molar-refractivity contribution in [3.63, 3.8) is 0 Å². The van der Waals surface area contributed by atoms with Gasteiger partial charge in [0.15, 0.2) is 5.82 Å². The Bertz CT molecular complexity index is 506. The summed E-state index contributed by atoms with van der Waals surface area (Å²) in [6, 6.07) is 1.53. The molecule has 0 aliphatic carbocycles. The van der Waals surface area contributed by atoms with Gasteiger partial charge in [0.05, 0.1) is 6.42 Å². The van der Waals surface area contributed by atoms with Crippen LogP contribution in [-0.4, -0.2) is 35.6 Å². The maximum atomic E-state index is 13.6. The topological polar surface area (TPSA) is 69.6 Å². The molecule has 0 aromatic heterocycles. The zero-order chi connectivity index (χ0) is 14.6. The Kier molecular flexibility index (Phi) is 4.80. The Hall–Kier alpha value is -2.18. The highest BCUT2D eigenvalue weighted by atomic mass is 19.1. The summed E-state index contributed by atoms with van der Waals surface area (Å²) < 4.78 is 27.0. The number of carboxylic acids is 1. The van der Waals surface area contributed by atoms with E-state index in [-0.39, 0.29) is 18.5 Å². The highest BCUT2D eigenvalue weighted by molar-refractivity contribution is 5.89. The van der Waals surface area contributed by atoms with Gasteiger partial charge in [-0.05, 0) is 18.6 Å². The molecule has 0 aliphatic heterocycles. The number of nitrogens with one attached hydrogen (secondary N) is 1. The number of urea groups is 1. The van der Waals surface area contributed by atoms with Crippen molar-refractivity contribution in [2.24, 2.45) is 0 Å². The Morgan fingerprint density at radius 3 is 2.58 bits per heavy atom. The Balaban J connectivity index is 2.77. The van der Waals surface area contributed by atoms with E-state index < -0.39 is 29.3 Å². The lowest BCUT2D eigenvalue weighted by Crippen LogP contribution is -2.33. The van der Waals surface area contributed by atoms with Crippen molar-refractivity contribution in [2.45, 2.75) is 13.3 Å². The molecular weight excluding hydrogens is 258 g/mol. The van der Waals surface area contributed by atoms with Crippen LogP contribution in [-0.2, 0) is 4.79 Å². The van der Waals surface area contributed by atoms with Crippen LogP contribution in [0.4, 0.5) is 19.3 Å². The third-order valence-corrected chi connectivity index (χ3v) is 2.52. The molecule has 2 amide bonds. The number of rotatable bonds is 4. The number of carbonyl (C=O) groups excluding carboxylic acids is 1. The molecule has 1 aromatic rings. The van der Waals surface area contributed by atoms with Crippen molar-refractivity contribution < 1.29 is 23.5 Å². The molecule has 1 aromatic carbocycles. The smallest absolute Gasteiger partial charge is 0.321 e. The molecule has 0 aliphatic rings. The summed E-state index contributed by atoms with van der Waals surface area (Å²) in [5, 5.41) is 10.6. The van der Waals surface area contributed by atoms with E-state index in [1.807, 2.05) is 0 Å². The van der Waals surface area contributed by atoms with Gasteiger partial charge in [-0.25, -0.2) is 13.6 Å². The first-order valence-electron chi connectivity index (χ1n) is 5.51. The van der Waals surface area contributed by atoms with Crippen molar-refractivity contribution in [3.05, 3.63) is 29.3 Å². The van der Waals surface area contributed by atoms with Crippen LogP contribution in [0.2, 0.25) is 0 Å². The number of aliphatic carboxylic acids is 1. The number of benzene rings is 1. The number of carboxylic acid groups (broad SMARTS) is 1. The van der Waals surface area contributed by atoms with Gasteiger partial charge in [-0.2, -0.15) is 0 Å². The molecule has 1 rings (SSSR count). The molecule has 0 saturated carbocycles. The van der Waals surface area contributed by atoms with E-state index in [4.69, 9.17) is 5.11 Å². The van der Waals surface area contributed by atoms with E-state index in [1.54, 1.807) is 0 Å². The van der Waals surface area contributed by atoms with E-state index >= 15 is 0 Å². The number of carbonyl (C=O) groups is 2. The van der Waals surface area contributed by atoms with Gasteiger partial charge in [0.2, 0.25) is 0 Å². The summed E-state index contributed by atoms with van der Waals surface area (Å²) in [5.74, 6) is -2.80. The van der Waals surface area contributed by atoms with Gasteiger partial charge in [0.1, 0.15) is 11.5 Å². The van der Waals surface area contributed by atoms with Crippen molar-refractivity contribution in [1.29, 1.82) is 0 Å². The second kappa shape index (κ2) is 6.12. The summed E-state index contributed by atoms with van der Waals surface area (Å²) in [6.07, 6.45) is -0.247. The Labute approximate surface area is 108 Å². The first kappa shape index (κ1) is 14.9. The summed E-state index contributed by atoms with van der Waals surface area (Å²) in [5.41, 5.74) is -0.336. The molecule has 0 bridgehead atoms. The highest BCUT2D eigenvalue weighted by Crippen LogP contribution is 2.21. The van der Waals surface area contributed by atoms with Crippen molar-refractivity contribution in [1.82, 2.24) is 4.90 Å². The average molecular weight is 272 g/mol. The van der Waals surface area contributed by atoms with Crippen LogP contribution >= 0.6 is 0 Å². The number of aryl methyl sites for hydroxylation is 1. The first-order valence-corrected chi connectivity index (χ1v) is 5.51. The zero-order valence-corrected chi connectivity index (χ0v) is 10.5. The summed E-state index contributed by atoms with van der Waals surface area (Å²) in [4.78, 5) is 23.0. The van der Waals surface area contributed by atoms with Gasteiger partial charge in [0, 0.05) is 13.6 Å². The number of anilines is 1. The molecule has 0 fully saturated rings. The lowest BCUT2D eigenvalue weighted by atomic mass is 10.2. The predicted octanol–water partition coefficient (Wildman–Crippen LogP) is 2.21. The van der Waals surface area contributed by atoms with Gasteiger partial charge in [-0.1, -0.05) is 6.07 Å². The molecule has 104 valence electrons. The molecular formula is C12H14F2N2O3. The zero-order valence-electron chi connectivity index (χ0n) is 10.5. The van der Waals surface area contributed by atoms with Crippen LogP contribution in [0.1, 0.15) is 12.0 Å². The van der Waals surface area contributed by atoms with Gasteiger partial charge in [-0.15, -0.1) is 0 Å². The van der Waals surface area contributed by atoms with Crippen LogP contribution in [0.15, 0.2) is 12.1 Å². The van der Waals surface area contributed by atoms with E-state index in [0.717, 1.165) is 11.0 Å². The molecule has 0 heterocycles. The number of halogens is 2. The predicted molar refractivity (Wildman–Crippen MR) is 65.0 cm³/mol. The third kappa shape index (κ3) is 3.90. The van der Waals surface area contributed by atoms with Gasteiger partial charge in [-0.3, -0.25) is 4.79 Å². The number of amides is 2. The molecule has 2 N–H and O–H groups in total. The number of nitrogens with zero attached hydrogens (tertiary/aromatic N) is 1. The second-order valence-corrected chi connectivity index (χ2v) is 4.05. The minimum absolute atomic E-state index is 0.0593. The van der Waals surface area contributed by atoms with E-state index in [1.165, 1.54) is 20.0 Å². The van der Waals surface area contributed by atoms with Crippen molar-refractivity contribution >= 4 is 17.7 Å². The fraction of sp³-hybridized carbons (Fsp3) is 0.333. The molecule has 0 spiro atoms. The standard InChI is InChI=1S/C12H14F2N2O3/c1-7-3-4-8(13)11(10(7)14)15-12(19)16(2)6-5-9(17)18/h3-4H,5-6H2,1-2H3,(H,15,19)(H,17,18). The fourth-order valence-electron chi connectivity index (χ4n) is 1.34. The van der Waals surface area contributed by atoms with Crippen LogP contribution in [0.3, 0.4) is 0 Å². The lowest BCUT2D eigenvalue weighted by Gasteiger charge is -2.17. The highest BCUT2D eigenvalue weighted by Gasteiger charge is 2.17. The monoisotopic (exact) mass is 272 g/mol. The van der Waals surface area contributed by atoms with Crippen molar-refractivity contribution in [2.75, 3.05) is 18.9 Å². The largest absolute Gasteiger partial charge is 0.481 e. The van der Waals surface area contributed by atoms with Crippen LogP contribution in [0.5, 0.6) is 0 Å². The normalized spacial score (nSPS) is 10.1. The maximum absolute atomic E-state index is 13.6. The van der Waals surface area contributed by atoms with Gasteiger partial charge < -0.3 is 15.3 Å². The number of hydrogen-bond donors (Lipinski definition) is 2. The molecule has 7 heteroatoms. The third-order valence-electron chi connectivity index (χ3n) is 2.52. The van der Waals surface area contributed by atoms with Gasteiger partial charge in [0.25, 0.3) is 0 Å². The van der Waals surface area contributed by atoms with Crippen LogP contribution in [0.25, 0.3) is 0 Å². The van der Waals surface area contributed by atoms with Crippen molar-refractivity contribution in [3.8, 4) is 0 Å². The molecule has 0 saturated heterocycles. The maximum Gasteiger partial charge on any atom is 0.321 e. The summed E-state index contributed by atoms with van der Waals surface area (Å²) in [6.45, 7) is 1.38. The van der Waals surface area contributed by atoms with Gasteiger partial charge >= 0.3 is 12.0 Å². The Morgan fingerprint density at radius 1 is 1.37 bits per heavy atom. The molecule has 0 unspecified atom stereocenters. The van der Waals surface area contributed by atoms with E-state index in [0.29, 0.717) is 0 Å². The molecule has 19 heavy (non-hydrogen) atoms. The quantitative estimate of drug-likeness (QED) is 0.882. The van der Waals surface area contributed by atoms with Crippen LogP contribution in [0, 0.1) is 18.6 Å². The second-order valence-electron chi connectivity index (χ2n) is 4.05. The number of hydrogen-bond acceptors (Lipinski definition) is 2. The van der Waals surface area contributed by atoms with E-state index in [2.05, 4.69) is 5.32 Å². The lowest BCUT2D eigenvalue weighted by molar-refractivity contribution is -0.137. The fourth-order valence-corrected chi connectivity index (χ4v) is 1.34. The van der Waals surface area contributed by atoms with E-state index in [9.17, 15) is 18.4 Å². The summed E-state index contributed by atoms with van der Waals surface area (Å²) in [7, 11) is 1.34. The summed E-state index contributed by atoms with van der Waals surface area (Å²) >= 11 is 0. The SMILES string of the molecule is Cc1ccc(F)c(NC(=O)N(C)CCC(=O)O)c1F. The first-order chi connectivity index (χ1) is 8.82. The molecule has 5 nitrogen and oxygen atoms in total. The molecule has 0 radical (unpaired) electrons. The molecule has 0 atom stereocenters. The van der Waals surface area contributed by atoms with Crippen LogP contribution < -0.4 is 5.32 Å².